The van der Waals surface area contributed by atoms with Crippen molar-refractivity contribution in [3.63, 3.8) is 0 Å². The molecule has 0 aromatic carbocycles. The van der Waals surface area contributed by atoms with Gasteiger partial charge in [0.25, 0.3) is 11.8 Å². The summed E-state index contributed by atoms with van der Waals surface area (Å²) in [7, 11) is 0. The van der Waals surface area contributed by atoms with Crippen molar-refractivity contribution in [2.24, 2.45) is 5.73 Å². The van der Waals surface area contributed by atoms with Gasteiger partial charge in [-0.2, -0.15) is 0 Å². The summed E-state index contributed by atoms with van der Waals surface area (Å²) in [5.41, 5.74) is 6.38. The van der Waals surface area contributed by atoms with Gasteiger partial charge in [0.05, 0.1) is 20.6 Å². The molecule has 27 heavy (non-hydrogen) atoms. The van der Waals surface area contributed by atoms with E-state index in [0.29, 0.717) is 10.6 Å². The van der Waals surface area contributed by atoms with Crippen LogP contribution in [-0.2, 0) is 22.4 Å². The number of anilines is 1. The van der Waals surface area contributed by atoms with Crippen molar-refractivity contribution < 1.29 is 19.1 Å². The smallest absolute Gasteiger partial charge is 0.359 e. The molecule has 0 fully saturated rings. The van der Waals surface area contributed by atoms with E-state index in [1.165, 1.54) is 11.3 Å². The Kier molecular flexibility index (Phi) is 5.90. The van der Waals surface area contributed by atoms with E-state index in [9.17, 15) is 14.4 Å². The molecule has 3 N–H and O–H groups in total. The predicted molar refractivity (Wildman–Crippen MR) is 103 cm³/mol. The summed E-state index contributed by atoms with van der Waals surface area (Å²) in [4.78, 5) is 40.7. The summed E-state index contributed by atoms with van der Waals surface area (Å²) in [6.07, 6.45) is 3.69. The lowest BCUT2D eigenvalue weighted by Crippen LogP contribution is -2.23. The summed E-state index contributed by atoms with van der Waals surface area (Å²) >= 11 is 18.8. The molecule has 11 heteroatoms. The van der Waals surface area contributed by atoms with Crippen molar-refractivity contribution in [1.82, 2.24) is 4.98 Å². The summed E-state index contributed by atoms with van der Waals surface area (Å²) in [6, 6.07) is 0. The van der Waals surface area contributed by atoms with Crippen LogP contribution < -0.4 is 11.1 Å². The average molecular weight is 449 g/mol. The molecule has 2 amide bonds. The van der Waals surface area contributed by atoms with Gasteiger partial charge < -0.3 is 15.8 Å². The molecule has 0 saturated heterocycles. The SMILES string of the molecule is NC(=O)c1c(NC(=O)COC(=O)c2ncc(Cl)c(Cl)c2Cl)sc2c1CCC2. The highest BCUT2D eigenvalue weighted by Gasteiger charge is 2.26. The summed E-state index contributed by atoms with van der Waals surface area (Å²) in [6.45, 7) is -0.599. The lowest BCUT2D eigenvalue weighted by molar-refractivity contribution is -0.119. The fourth-order valence-electron chi connectivity index (χ4n) is 2.70. The van der Waals surface area contributed by atoms with Crippen LogP contribution in [-0.4, -0.2) is 29.4 Å². The second-order valence-corrected chi connectivity index (χ2v) is 7.90. The number of hydrogen-bond donors (Lipinski definition) is 2. The molecule has 7 nitrogen and oxygen atoms in total. The van der Waals surface area contributed by atoms with E-state index in [4.69, 9.17) is 45.3 Å². The maximum atomic E-state index is 12.1. The van der Waals surface area contributed by atoms with Gasteiger partial charge in [-0.25, -0.2) is 9.78 Å². The molecule has 3 rings (SSSR count). The van der Waals surface area contributed by atoms with Crippen LogP contribution in [0.1, 0.15) is 37.7 Å². The Morgan fingerprint density at radius 1 is 1.22 bits per heavy atom. The van der Waals surface area contributed by atoms with Gasteiger partial charge in [0.2, 0.25) is 0 Å². The summed E-state index contributed by atoms with van der Waals surface area (Å²) < 4.78 is 4.90. The molecule has 142 valence electrons. The molecule has 0 spiro atoms. The number of carbonyl (C=O) groups is 3. The highest BCUT2D eigenvalue weighted by Crippen LogP contribution is 2.38. The maximum Gasteiger partial charge on any atom is 0.359 e. The third-order valence-electron chi connectivity index (χ3n) is 3.87. The van der Waals surface area contributed by atoms with Crippen LogP contribution in [0, 0.1) is 0 Å². The number of aromatic nitrogens is 1. The first-order valence-electron chi connectivity index (χ1n) is 7.70. The lowest BCUT2D eigenvalue weighted by Gasteiger charge is -2.08. The van der Waals surface area contributed by atoms with Crippen molar-refractivity contribution in [3.8, 4) is 0 Å². The number of fused-ring (bicyclic) bond motifs is 1. The molecule has 2 heterocycles. The minimum Gasteiger partial charge on any atom is -0.451 e. The Hall–Kier alpha value is -1.87. The van der Waals surface area contributed by atoms with Crippen LogP contribution in [0.4, 0.5) is 5.00 Å². The first-order valence-corrected chi connectivity index (χ1v) is 9.65. The number of thiophene rings is 1. The van der Waals surface area contributed by atoms with Gasteiger partial charge in [-0.3, -0.25) is 9.59 Å². The number of ether oxygens (including phenoxy) is 1. The molecule has 2 aromatic heterocycles. The van der Waals surface area contributed by atoms with Crippen LogP contribution in [0.15, 0.2) is 6.20 Å². The number of pyridine rings is 1. The van der Waals surface area contributed by atoms with E-state index >= 15 is 0 Å². The number of amides is 2. The maximum absolute atomic E-state index is 12.1. The average Bonchev–Trinajstić information content (AvgIpc) is 3.18. The fourth-order valence-corrected chi connectivity index (χ4v) is 4.57. The number of nitrogens with zero attached hydrogens (tertiary/aromatic N) is 1. The molecule has 2 aromatic rings. The molecule has 0 saturated carbocycles. The number of aryl methyl sites for hydroxylation is 1. The first-order chi connectivity index (χ1) is 12.8. The third-order valence-corrected chi connectivity index (χ3v) is 6.31. The van der Waals surface area contributed by atoms with E-state index in [1.54, 1.807) is 0 Å². The zero-order valence-corrected chi connectivity index (χ0v) is 16.7. The van der Waals surface area contributed by atoms with E-state index in [1.807, 2.05) is 0 Å². The zero-order chi connectivity index (χ0) is 19.7. The van der Waals surface area contributed by atoms with Gasteiger partial charge in [-0.1, -0.05) is 34.8 Å². The van der Waals surface area contributed by atoms with Crippen molar-refractivity contribution in [2.45, 2.75) is 19.3 Å². The predicted octanol–water partition coefficient (Wildman–Crippen LogP) is 3.49. The summed E-state index contributed by atoms with van der Waals surface area (Å²) in [5.74, 6) is -2.16. The second-order valence-electron chi connectivity index (χ2n) is 5.63. The number of rotatable bonds is 5. The highest BCUT2D eigenvalue weighted by molar-refractivity contribution is 7.17. The molecule has 0 atom stereocenters. The second kappa shape index (κ2) is 8.02. The summed E-state index contributed by atoms with van der Waals surface area (Å²) in [5, 5.41) is 2.80. The molecule has 0 radical (unpaired) electrons. The van der Waals surface area contributed by atoms with E-state index in [-0.39, 0.29) is 20.8 Å². The lowest BCUT2D eigenvalue weighted by atomic mass is 10.1. The largest absolute Gasteiger partial charge is 0.451 e. The van der Waals surface area contributed by atoms with Gasteiger partial charge in [0, 0.05) is 11.1 Å². The number of hydrogen-bond acceptors (Lipinski definition) is 6. The Bertz CT molecular complexity index is 961. The minimum absolute atomic E-state index is 0.0380. The number of nitrogens with one attached hydrogen (secondary N) is 1. The molecule has 1 aliphatic carbocycles. The molecule has 1 aliphatic rings. The van der Waals surface area contributed by atoms with Crippen molar-refractivity contribution in [2.75, 3.05) is 11.9 Å². The number of primary amides is 1. The molecule has 0 unspecified atom stereocenters. The molecule has 0 bridgehead atoms. The fraction of sp³-hybridized carbons (Fsp3) is 0.250. The van der Waals surface area contributed by atoms with Crippen molar-refractivity contribution >= 4 is 68.9 Å². The molecular formula is C16H12Cl3N3O4S. The Balaban J connectivity index is 1.67. The minimum atomic E-state index is -0.933. The Morgan fingerprint density at radius 3 is 2.67 bits per heavy atom. The monoisotopic (exact) mass is 447 g/mol. The number of esters is 1. The first kappa shape index (κ1) is 19.9. The number of nitrogens with two attached hydrogens (primary N) is 1. The van der Waals surface area contributed by atoms with E-state index in [2.05, 4.69) is 10.3 Å². The topological polar surface area (TPSA) is 111 Å². The van der Waals surface area contributed by atoms with Crippen LogP contribution in [0.5, 0.6) is 0 Å². The Labute approximate surface area is 172 Å². The van der Waals surface area contributed by atoms with Crippen LogP contribution in [0.3, 0.4) is 0 Å². The van der Waals surface area contributed by atoms with Crippen LogP contribution >= 0.6 is 46.1 Å². The standard InChI is InChI=1S/C16H12Cl3N3O4S/c17-7-4-21-13(12(19)11(7)18)16(25)26-5-9(23)22-15-10(14(20)24)6-2-1-3-8(6)27-15/h4H,1-3,5H2,(H2,20,24)(H,22,23). The zero-order valence-electron chi connectivity index (χ0n) is 13.6. The van der Waals surface area contributed by atoms with Gasteiger partial charge in [0.15, 0.2) is 12.3 Å². The normalized spacial score (nSPS) is 12.6. The van der Waals surface area contributed by atoms with Crippen LogP contribution in [0.25, 0.3) is 0 Å². The van der Waals surface area contributed by atoms with Gasteiger partial charge in [0.1, 0.15) is 5.00 Å². The number of halogens is 3. The van der Waals surface area contributed by atoms with Gasteiger partial charge in [-0.15, -0.1) is 11.3 Å². The van der Waals surface area contributed by atoms with Crippen molar-refractivity contribution in [1.29, 1.82) is 0 Å². The highest BCUT2D eigenvalue weighted by atomic mass is 35.5. The van der Waals surface area contributed by atoms with Gasteiger partial charge >= 0.3 is 5.97 Å². The third kappa shape index (κ3) is 4.03. The van der Waals surface area contributed by atoms with Crippen LogP contribution in [0.2, 0.25) is 15.1 Å². The molecule has 0 aliphatic heterocycles. The van der Waals surface area contributed by atoms with Gasteiger partial charge in [-0.05, 0) is 24.8 Å². The Morgan fingerprint density at radius 2 is 1.96 bits per heavy atom. The number of carbonyl (C=O) groups excluding carboxylic acids is 3. The molecular weight excluding hydrogens is 437 g/mol. The van der Waals surface area contributed by atoms with Crippen molar-refractivity contribution in [3.05, 3.63) is 43.0 Å². The van der Waals surface area contributed by atoms with E-state index < -0.39 is 24.4 Å². The quantitative estimate of drug-likeness (QED) is 0.680. The van der Waals surface area contributed by atoms with E-state index in [0.717, 1.165) is 35.9 Å².